The minimum Gasteiger partial charge on any atom is -0.353 e. The summed E-state index contributed by atoms with van der Waals surface area (Å²) in [5, 5.41) is 0. The zero-order valence-corrected chi connectivity index (χ0v) is 17.0. The Morgan fingerprint density at radius 2 is 1.76 bits per heavy atom. The van der Waals surface area contributed by atoms with Crippen molar-refractivity contribution in [1.29, 1.82) is 0 Å². The molecule has 6 heteroatoms. The molecule has 1 aromatic heterocycles. The Morgan fingerprint density at radius 1 is 1.00 bits per heavy atom. The van der Waals surface area contributed by atoms with Crippen molar-refractivity contribution >= 4 is 11.7 Å². The van der Waals surface area contributed by atoms with Crippen LogP contribution in [0.1, 0.15) is 17.9 Å². The second kappa shape index (κ2) is 9.37. The van der Waals surface area contributed by atoms with Gasteiger partial charge in [-0.1, -0.05) is 36.4 Å². The van der Waals surface area contributed by atoms with Gasteiger partial charge in [0.25, 0.3) is 0 Å². The fourth-order valence-corrected chi connectivity index (χ4v) is 4.60. The lowest BCUT2D eigenvalue weighted by atomic mass is 9.89. The molecular formula is C23H31N5O. The van der Waals surface area contributed by atoms with E-state index in [4.69, 9.17) is 5.73 Å². The Morgan fingerprint density at radius 3 is 2.45 bits per heavy atom. The maximum absolute atomic E-state index is 12.7. The van der Waals surface area contributed by atoms with Gasteiger partial charge in [-0.25, -0.2) is 4.98 Å². The zero-order chi connectivity index (χ0) is 20.1. The first-order chi connectivity index (χ1) is 14.2. The van der Waals surface area contributed by atoms with E-state index in [0.717, 1.165) is 51.6 Å². The number of pyridine rings is 1. The van der Waals surface area contributed by atoms with Gasteiger partial charge in [0.1, 0.15) is 5.82 Å². The first-order valence-electron chi connectivity index (χ1n) is 10.7. The van der Waals surface area contributed by atoms with E-state index in [1.807, 2.05) is 29.3 Å². The van der Waals surface area contributed by atoms with Gasteiger partial charge in [-0.3, -0.25) is 4.79 Å². The molecule has 2 fully saturated rings. The Hall–Kier alpha value is -2.44. The van der Waals surface area contributed by atoms with Gasteiger partial charge in [0, 0.05) is 64.3 Å². The molecule has 2 N–H and O–H groups in total. The predicted octanol–water partition coefficient (Wildman–Crippen LogP) is 1.79. The third-order valence-electron chi connectivity index (χ3n) is 6.29. The number of nitrogens with two attached hydrogens (primary N) is 1. The average molecular weight is 394 g/mol. The molecule has 154 valence electrons. The average Bonchev–Trinajstić information content (AvgIpc) is 3.22. The normalized spacial score (nSPS) is 22.8. The van der Waals surface area contributed by atoms with Crippen molar-refractivity contribution in [3.8, 4) is 0 Å². The summed E-state index contributed by atoms with van der Waals surface area (Å²) in [4.78, 5) is 23.8. The number of hydrogen-bond acceptors (Lipinski definition) is 5. The molecular weight excluding hydrogens is 362 g/mol. The molecule has 2 aromatic rings. The molecule has 0 unspecified atom stereocenters. The van der Waals surface area contributed by atoms with Crippen LogP contribution in [0.5, 0.6) is 0 Å². The number of carbonyl (C=O) groups excluding carboxylic acids is 1. The molecule has 4 rings (SSSR count). The molecule has 0 aliphatic carbocycles. The minimum atomic E-state index is 0.262. The Kier molecular flexibility index (Phi) is 6.42. The molecule has 0 spiro atoms. The summed E-state index contributed by atoms with van der Waals surface area (Å²) in [6, 6.07) is 16.6. The molecule has 6 nitrogen and oxygen atoms in total. The van der Waals surface area contributed by atoms with Crippen molar-refractivity contribution in [2.45, 2.75) is 12.3 Å². The van der Waals surface area contributed by atoms with Crippen molar-refractivity contribution < 1.29 is 4.79 Å². The van der Waals surface area contributed by atoms with Gasteiger partial charge in [0.05, 0.1) is 0 Å². The summed E-state index contributed by atoms with van der Waals surface area (Å²) >= 11 is 0. The molecule has 2 aliphatic heterocycles. The number of likely N-dealkylation sites (tertiary alicyclic amines) is 1. The van der Waals surface area contributed by atoms with Crippen LogP contribution >= 0.6 is 0 Å². The maximum atomic E-state index is 12.7. The molecule has 0 radical (unpaired) electrons. The van der Waals surface area contributed by atoms with Crippen molar-refractivity contribution in [2.24, 2.45) is 11.7 Å². The second-order valence-corrected chi connectivity index (χ2v) is 8.08. The highest BCUT2D eigenvalue weighted by atomic mass is 16.2. The smallest absolute Gasteiger partial charge is 0.223 e. The third kappa shape index (κ3) is 4.77. The predicted molar refractivity (Wildman–Crippen MR) is 116 cm³/mol. The Labute approximate surface area is 173 Å². The number of aromatic nitrogens is 1. The second-order valence-electron chi connectivity index (χ2n) is 8.08. The summed E-state index contributed by atoms with van der Waals surface area (Å²) in [6.07, 6.45) is 2.41. The molecule has 2 saturated heterocycles. The summed E-state index contributed by atoms with van der Waals surface area (Å²) < 4.78 is 0. The van der Waals surface area contributed by atoms with Crippen LogP contribution in [0.25, 0.3) is 0 Å². The van der Waals surface area contributed by atoms with Crippen LogP contribution in [0.3, 0.4) is 0 Å². The molecule has 0 bridgehead atoms. The highest BCUT2D eigenvalue weighted by Gasteiger charge is 2.33. The van der Waals surface area contributed by atoms with E-state index in [2.05, 4.69) is 45.1 Å². The monoisotopic (exact) mass is 393 g/mol. The van der Waals surface area contributed by atoms with E-state index in [1.54, 1.807) is 0 Å². The van der Waals surface area contributed by atoms with Crippen LogP contribution in [0.2, 0.25) is 0 Å². The molecule has 0 saturated carbocycles. The quantitative estimate of drug-likeness (QED) is 0.811. The topological polar surface area (TPSA) is 65.7 Å². The van der Waals surface area contributed by atoms with Crippen molar-refractivity contribution in [3.63, 3.8) is 0 Å². The maximum Gasteiger partial charge on any atom is 0.223 e. The number of hydrogen-bond donors (Lipinski definition) is 1. The van der Waals surface area contributed by atoms with E-state index in [9.17, 15) is 4.79 Å². The minimum absolute atomic E-state index is 0.262. The number of carbonyl (C=O) groups is 1. The number of nitrogens with zero attached hydrogens (tertiary/aromatic N) is 4. The van der Waals surface area contributed by atoms with E-state index in [1.165, 1.54) is 5.56 Å². The molecule has 3 heterocycles. The Balaban J connectivity index is 1.25. The lowest BCUT2D eigenvalue weighted by Crippen LogP contribution is -2.49. The molecule has 1 aromatic carbocycles. The van der Waals surface area contributed by atoms with Crippen LogP contribution in [-0.2, 0) is 4.79 Å². The zero-order valence-electron chi connectivity index (χ0n) is 17.0. The summed E-state index contributed by atoms with van der Waals surface area (Å²) in [5.41, 5.74) is 7.41. The fraction of sp³-hybridized carbons (Fsp3) is 0.478. The van der Waals surface area contributed by atoms with E-state index in [0.29, 0.717) is 24.8 Å². The van der Waals surface area contributed by atoms with Crippen molar-refractivity contribution in [3.05, 3.63) is 60.3 Å². The van der Waals surface area contributed by atoms with Crippen LogP contribution < -0.4 is 10.6 Å². The number of anilines is 1. The van der Waals surface area contributed by atoms with Crippen LogP contribution in [0.15, 0.2) is 54.7 Å². The van der Waals surface area contributed by atoms with E-state index in [-0.39, 0.29) is 5.91 Å². The highest BCUT2D eigenvalue weighted by Crippen LogP contribution is 2.32. The molecule has 2 atom stereocenters. The first-order valence-corrected chi connectivity index (χ1v) is 10.7. The summed E-state index contributed by atoms with van der Waals surface area (Å²) in [7, 11) is 0. The largest absolute Gasteiger partial charge is 0.353 e. The number of amides is 1. The van der Waals surface area contributed by atoms with E-state index >= 15 is 0 Å². The van der Waals surface area contributed by atoms with Gasteiger partial charge in [-0.2, -0.15) is 0 Å². The number of piperazine rings is 1. The Bertz CT molecular complexity index is 776. The van der Waals surface area contributed by atoms with Crippen molar-refractivity contribution in [2.75, 3.05) is 57.3 Å². The first kappa shape index (κ1) is 19.9. The summed E-state index contributed by atoms with van der Waals surface area (Å²) in [6.45, 7) is 6.72. The highest BCUT2D eigenvalue weighted by molar-refractivity contribution is 5.76. The number of rotatable bonds is 6. The molecule has 29 heavy (non-hydrogen) atoms. The van der Waals surface area contributed by atoms with Crippen LogP contribution in [0.4, 0.5) is 5.82 Å². The lowest BCUT2D eigenvalue weighted by molar-refractivity contribution is -0.131. The van der Waals surface area contributed by atoms with Crippen LogP contribution in [-0.4, -0.2) is 73.0 Å². The van der Waals surface area contributed by atoms with Crippen molar-refractivity contribution in [1.82, 2.24) is 14.8 Å². The van der Waals surface area contributed by atoms with Gasteiger partial charge < -0.3 is 20.4 Å². The van der Waals surface area contributed by atoms with Gasteiger partial charge in [-0.15, -0.1) is 0 Å². The lowest BCUT2D eigenvalue weighted by Gasteiger charge is -2.35. The molecule has 2 aliphatic rings. The SMILES string of the molecule is NC[C@@H]1CN(CCC(=O)N2CCN(c3ccccn3)CC2)C[C@H]1c1ccccc1. The third-order valence-corrected chi connectivity index (χ3v) is 6.29. The van der Waals surface area contributed by atoms with Gasteiger partial charge in [0.15, 0.2) is 0 Å². The van der Waals surface area contributed by atoms with Crippen LogP contribution in [0, 0.1) is 5.92 Å². The molecule has 1 amide bonds. The number of benzene rings is 1. The van der Waals surface area contributed by atoms with Gasteiger partial charge in [0.2, 0.25) is 5.91 Å². The van der Waals surface area contributed by atoms with Gasteiger partial charge in [-0.05, 0) is 30.2 Å². The van der Waals surface area contributed by atoms with E-state index < -0.39 is 0 Å². The van der Waals surface area contributed by atoms with Gasteiger partial charge >= 0.3 is 0 Å². The summed E-state index contributed by atoms with van der Waals surface area (Å²) in [5.74, 6) is 2.20. The fourth-order valence-electron chi connectivity index (χ4n) is 4.60. The standard InChI is InChI=1S/C23H31N5O/c24-16-20-17-26(18-21(20)19-6-2-1-3-7-19)11-9-23(29)28-14-12-27(13-15-28)22-8-4-5-10-25-22/h1-8,10,20-21H,9,11-18,24H2/t20-,21+/m1/s1.